The summed E-state index contributed by atoms with van der Waals surface area (Å²) in [5, 5.41) is 2.44. The van der Waals surface area contributed by atoms with E-state index in [4.69, 9.17) is 4.74 Å². The van der Waals surface area contributed by atoms with Crippen LogP contribution in [0.3, 0.4) is 0 Å². The molecule has 0 heterocycles. The molecule has 138 valence electrons. The number of esters is 1. The van der Waals surface area contributed by atoms with E-state index in [9.17, 15) is 22.4 Å². The van der Waals surface area contributed by atoms with Gasteiger partial charge in [-0.1, -0.05) is 13.0 Å². The number of hydrogen-bond donors (Lipinski definition) is 2. The molecule has 26 heavy (non-hydrogen) atoms. The minimum absolute atomic E-state index is 0.00133. The lowest BCUT2D eigenvalue weighted by Crippen LogP contribution is -2.24. The molecule has 0 aliphatic carbocycles. The lowest BCUT2D eigenvalue weighted by atomic mass is 10.2. The first-order valence-electron chi connectivity index (χ1n) is 7.64. The van der Waals surface area contributed by atoms with E-state index in [-0.39, 0.29) is 17.0 Å². The van der Waals surface area contributed by atoms with Gasteiger partial charge in [0.05, 0.1) is 10.5 Å². The number of rotatable bonds is 7. The van der Waals surface area contributed by atoms with Crippen molar-refractivity contribution in [1.29, 1.82) is 0 Å². The fourth-order valence-electron chi connectivity index (χ4n) is 2.01. The summed E-state index contributed by atoms with van der Waals surface area (Å²) in [6, 6.07) is 10.4. The van der Waals surface area contributed by atoms with E-state index >= 15 is 0 Å². The standard InChI is InChI=1S/C17H17FN2O5S/c1-2-19-26(23,24)15-5-3-4-12(10-15)17(22)25-11-16(21)20-14-8-6-13(18)7-9-14/h3-10,19H,2,11H2,1H3,(H,20,21). The highest BCUT2D eigenvalue weighted by atomic mass is 32.2. The normalized spacial score (nSPS) is 11.0. The number of sulfonamides is 1. The van der Waals surface area contributed by atoms with E-state index in [2.05, 4.69) is 10.0 Å². The summed E-state index contributed by atoms with van der Waals surface area (Å²) in [6.45, 7) is 1.27. The van der Waals surface area contributed by atoms with Gasteiger partial charge in [0.15, 0.2) is 6.61 Å². The summed E-state index contributed by atoms with van der Waals surface area (Å²) in [4.78, 5) is 23.7. The zero-order valence-corrected chi connectivity index (χ0v) is 14.7. The molecule has 2 N–H and O–H groups in total. The van der Waals surface area contributed by atoms with Gasteiger partial charge in [-0.15, -0.1) is 0 Å². The van der Waals surface area contributed by atoms with Gasteiger partial charge >= 0.3 is 5.97 Å². The van der Waals surface area contributed by atoms with Crippen LogP contribution in [0.15, 0.2) is 53.4 Å². The average molecular weight is 380 g/mol. The number of anilines is 1. The molecule has 0 radical (unpaired) electrons. The number of carbonyl (C=O) groups is 2. The van der Waals surface area contributed by atoms with Crippen molar-refractivity contribution >= 4 is 27.6 Å². The lowest BCUT2D eigenvalue weighted by Gasteiger charge is -2.08. The highest BCUT2D eigenvalue weighted by molar-refractivity contribution is 7.89. The molecule has 0 aromatic heterocycles. The van der Waals surface area contributed by atoms with E-state index in [1.165, 1.54) is 42.5 Å². The van der Waals surface area contributed by atoms with Crippen LogP contribution in [0.4, 0.5) is 10.1 Å². The largest absolute Gasteiger partial charge is 0.452 e. The SMILES string of the molecule is CCNS(=O)(=O)c1cccc(C(=O)OCC(=O)Nc2ccc(F)cc2)c1. The molecule has 9 heteroatoms. The van der Waals surface area contributed by atoms with Crippen LogP contribution < -0.4 is 10.0 Å². The lowest BCUT2D eigenvalue weighted by molar-refractivity contribution is -0.119. The van der Waals surface area contributed by atoms with Gasteiger partial charge in [0.2, 0.25) is 10.0 Å². The fourth-order valence-corrected chi connectivity index (χ4v) is 3.09. The first kappa shape index (κ1) is 19.5. The minimum atomic E-state index is -3.71. The molecule has 0 saturated carbocycles. The summed E-state index contributed by atoms with van der Waals surface area (Å²) in [7, 11) is -3.71. The zero-order chi connectivity index (χ0) is 19.2. The highest BCUT2D eigenvalue weighted by Gasteiger charge is 2.16. The van der Waals surface area contributed by atoms with Gasteiger partial charge < -0.3 is 10.1 Å². The van der Waals surface area contributed by atoms with Crippen LogP contribution in [-0.4, -0.2) is 33.4 Å². The quantitative estimate of drug-likeness (QED) is 0.715. The maximum absolute atomic E-state index is 12.8. The van der Waals surface area contributed by atoms with Crippen LogP contribution in [0.1, 0.15) is 17.3 Å². The molecule has 2 aromatic rings. The van der Waals surface area contributed by atoms with Crippen LogP contribution in [0.25, 0.3) is 0 Å². The number of nitrogens with one attached hydrogen (secondary N) is 2. The predicted molar refractivity (Wildman–Crippen MR) is 92.6 cm³/mol. The molecule has 0 aliphatic heterocycles. The van der Waals surface area contributed by atoms with Crippen LogP contribution >= 0.6 is 0 Å². The smallest absolute Gasteiger partial charge is 0.338 e. The second-order valence-electron chi connectivity index (χ2n) is 5.16. The van der Waals surface area contributed by atoms with Crippen molar-refractivity contribution in [2.45, 2.75) is 11.8 Å². The highest BCUT2D eigenvalue weighted by Crippen LogP contribution is 2.13. The molecule has 0 saturated heterocycles. The Morgan fingerprint density at radius 2 is 1.81 bits per heavy atom. The Kier molecular flexibility index (Phi) is 6.42. The maximum Gasteiger partial charge on any atom is 0.338 e. The monoisotopic (exact) mass is 380 g/mol. The van der Waals surface area contributed by atoms with Gasteiger partial charge in [0.1, 0.15) is 5.82 Å². The van der Waals surface area contributed by atoms with E-state index in [0.29, 0.717) is 5.69 Å². The van der Waals surface area contributed by atoms with Crippen LogP contribution in [0, 0.1) is 5.82 Å². The first-order valence-corrected chi connectivity index (χ1v) is 9.12. The third kappa shape index (κ3) is 5.36. The number of carbonyl (C=O) groups excluding carboxylic acids is 2. The second-order valence-corrected chi connectivity index (χ2v) is 6.93. The molecule has 1 amide bonds. The summed E-state index contributed by atoms with van der Waals surface area (Å²) in [6.07, 6.45) is 0. The number of hydrogen-bond acceptors (Lipinski definition) is 5. The van der Waals surface area contributed by atoms with Crippen molar-refractivity contribution in [2.24, 2.45) is 0 Å². The van der Waals surface area contributed by atoms with E-state index in [0.717, 1.165) is 6.07 Å². The van der Waals surface area contributed by atoms with Crippen LogP contribution in [0.5, 0.6) is 0 Å². The van der Waals surface area contributed by atoms with Crippen molar-refractivity contribution in [3.8, 4) is 0 Å². The molecular weight excluding hydrogens is 363 g/mol. The molecule has 0 fully saturated rings. The number of benzene rings is 2. The van der Waals surface area contributed by atoms with Gasteiger partial charge in [-0.3, -0.25) is 4.79 Å². The summed E-state index contributed by atoms with van der Waals surface area (Å²) >= 11 is 0. The molecular formula is C17H17FN2O5S. The molecule has 0 spiro atoms. The Morgan fingerprint density at radius 3 is 2.46 bits per heavy atom. The zero-order valence-electron chi connectivity index (χ0n) is 13.9. The number of halogens is 1. The van der Waals surface area contributed by atoms with Crippen LogP contribution in [0.2, 0.25) is 0 Å². The van der Waals surface area contributed by atoms with E-state index in [1.807, 2.05) is 0 Å². The first-order chi connectivity index (χ1) is 12.3. The van der Waals surface area contributed by atoms with Crippen molar-refractivity contribution < 1.29 is 27.1 Å². The predicted octanol–water partition coefficient (Wildman–Crippen LogP) is 1.92. The number of amides is 1. The van der Waals surface area contributed by atoms with E-state index in [1.54, 1.807) is 6.92 Å². The Labute approximate surface area is 150 Å². The molecule has 7 nitrogen and oxygen atoms in total. The van der Waals surface area contributed by atoms with Gasteiger partial charge in [-0.05, 0) is 42.5 Å². The second kappa shape index (κ2) is 8.54. The van der Waals surface area contributed by atoms with Gasteiger partial charge in [0.25, 0.3) is 5.91 Å². The Morgan fingerprint density at radius 1 is 1.12 bits per heavy atom. The van der Waals surface area contributed by atoms with Crippen molar-refractivity contribution in [1.82, 2.24) is 4.72 Å². The van der Waals surface area contributed by atoms with Crippen molar-refractivity contribution in [3.05, 3.63) is 59.9 Å². The van der Waals surface area contributed by atoms with Crippen molar-refractivity contribution in [2.75, 3.05) is 18.5 Å². The Bertz CT molecular complexity index is 898. The third-order valence-corrected chi connectivity index (χ3v) is 4.72. The third-order valence-electron chi connectivity index (χ3n) is 3.18. The summed E-state index contributed by atoms with van der Waals surface area (Å²) in [5.74, 6) is -1.89. The molecule has 0 unspecified atom stereocenters. The van der Waals surface area contributed by atoms with Crippen molar-refractivity contribution in [3.63, 3.8) is 0 Å². The van der Waals surface area contributed by atoms with Gasteiger partial charge in [-0.2, -0.15) is 0 Å². The summed E-state index contributed by atoms with van der Waals surface area (Å²) < 4.78 is 43.9. The van der Waals surface area contributed by atoms with E-state index < -0.39 is 34.3 Å². The molecule has 0 bridgehead atoms. The number of ether oxygens (including phenoxy) is 1. The molecule has 2 rings (SSSR count). The molecule has 2 aromatic carbocycles. The van der Waals surface area contributed by atoms with Gasteiger partial charge in [0, 0.05) is 12.2 Å². The van der Waals surface area contributed by atoms with Crippen LogP contribution in [-0.2, 0) is 19.6 Å². The summed E-state index contributed by atoms with van der Waals surface area (Å²) in [5.41, 5.74) is 0.352. The van der Waals surface area contributed by atoms with Gasteiger partial charge in [-0.25, -0.2) is 22.3 Å². The fraction of sp³-hybridized carbons (Fsp3) is 0.176. The topological polar surface area (TPSA) is 102 Å². The Balaban J connectivity index is 1.97. The molecule has 0 atom stereocenters. The maximum atomic E-state index is 12.8. The average Bonchev–Trinajstić information content (AvgIpc) is 2.62. The minimum Gasteiger partial charge on any atom is -0.452 e. The molecule has 0 aliphatic rings. The Hall–Kier alpha value is -2.78.